The van der Waals surface area contributed by atoms with Gasteiger partial charge in [0, 0.05) is 24.0 Å². The largest absolute Gasteiger partial charge is 0.449 e. The SMILES string of the molecule is Cc1oc(-n2cccc2)c(C#N)c1C(=O)O[C@@H](C)C(=O)NCc1ccccc1Cl. The number of nitriles is 1. The predicted molar refractivity (Wildman–Crippen MR) is 106 cm³/mol. The van der Waals surface area contributed by atoms with Gasteiger partial charge in [0.2, 0.25) is 5.88 Å². The van der Waals surface area contributed by atoms with Gasteiger partial charge in [-0.15, -0.1) is 0 Å². The highest BCUT2D eigenvalue weighted by Gasteiger charge is 2.28. The van der Waals surface area contributed by atoms with E-state index < -0.39 is 18.0 Å². The van der Waals surface area contributed by atoms with Crippen molar-refractivity contribution in [2.75, 3.05) is 0 Å². The Bertz CT molecular complexity index is 1080. The summed E-state index contributed by atoms with van der Waals surface area (Å²) < 4.78 is 12.4. The zero-order valence-electron chi connectivity index (χ0n) is 15.8. The van der Waals surface area contributed by atoms with E-state index in [1.807, 2.05) is 12.1 Å². The third-order valence-corrected chi connectivity index (χ3v) is 4.65. The van der Waals surface area contributed by atoms with Crippen molar-refractivity contribution in [3.05, 3.63) is 76.3 Å². The van der Waals surface area contributed by atoms with Crippen LogP contribution in [0.5, 0.6) is 0 Å². The lowest BCUT2D eigenvalue weighted by Gasteiger charge is -2.14. The molecule has 0 spiro atoms. The van der Waals surface area contributed by atoms with Crippen LogP contribution in [0.2, 0.25) is 5.02 Å². The number of aromatic nitrogens is 1. The van der Waals surface area contributed by atoms with E-state index in [-0.39, 0.29) is 29.3 Å². The number of esters is 1. The van der Waals surface area contributed by atoms with E-state index in [4.69, 9.17) is 20.8 Å². The van der Waals surface area contributed by atoms with E-state index in [2.05, 4.69) is 5.32 Å². The molecule has 3 rings (SSSR count). The van der Waals surface area contributed by atoms with Crippen LogP contribution in [0.25, 0.3) is 5.88 Å². The third kappa shape index (κ3) is 4.33. The van der Waals surface area contributed by atoms with Crippen LogP contribution in [0.4, 0.5) is 0 Å². The second-order valence-corrected chi connectivity index (χ2v) is 6.68. The smallest absolute Gasteiger partial charge is 0.343 e. The number of ether oxygens (including phenoxy) is 1. The Morgan fingerprint density at radius 1 is 1.28 bits per heavy atom. The van der Waals surface area contributed by atoms with Gasteiger partial charge in [-0.05, 0) is 37.6 Å². The molecule has 8 heteroatoms. The van der Waals surface area contributed by atoms with Crippen molar-refractivity contribution in [3.63, 3.8) is 0 Å². The highest BCUT2D eigenvalue weighted by atomic mass is 35.5. The number of carbonyl (C=O) groups excluding carboxylic acids is 2. The zero-order chi connectivity index (χ0) is 21.0. The van der Waals surface area contributed by atoms with E-state index >= 15 is 0 Å². The van der Waals surface area contributed by atoms with Crippen LogP contribution < -0.4 is 5.32 Å². The molecule has 2 heterocycles. The van der Waals surface area contributed by atoms with Gasteiger partial charge in [-0.3, -0.25) is 9.36 Å². The minimum atomic E-state index is -1.07. The summed E-state index contributed by atoms with van der Waals surface area (Å²) in [7, 11) is 0. The number of rotatable bonds is 6. The van der Waals surface area contributed by atoms with Gasteiger partial charge in [0.1, 0.15) is 23.0 Å². The Balaban J connectivity index is 1.71. The fraction of sp³-hybridized carbons (Fsp3) is 0.190. The summed E-state index contributed by atoms with van der Waals surface area (Å²) in [6.07, 6.45) is 2.32. The summed E-state index contributed by atoms with van der Waals surface area (Å²) in [5.41, 5.74) is 0.796. The molecule has 0 bridgehead atoms. The van der Waals surface area contributed by atoms with E-state index in [9.17, 15) is 14.9 Å². The molecule has 7 nitrogen and oxygen atoms in total. The van der Waals surface area contributed by atoms with Gasteiger partial charge in [-0.25, -0.2) is 4.79 Å². The van der Waals surface area contributed by atoms with Gasteiger partial charge >= 0.3 is 5.97 Å². The number of hydrogen-bond acceptors (Lipinski definition) is 5. The second kappa shape index (κ2) is 8.67. The van der Waals surface area contributed by atoms with Crippen LogP contribution in [-0.4, -0.2) is 22.5 Å². The summed E-state index contributed by atoms with van der Waals surface area (Å²) in [5, 5.41) is 12.7. The average molecular weight is 412 g/mol. The van der Waals surface area contributed by atoms with E-state index in [0.29, 0.717) is 5.02 Å². The molecule has 0 unspecified atom stereocenters. The molecule has 0 saturated heterocycles. The van der Waals surface area contributed by atoms with Crippen molar-refractivity contribution in [1.82, 2.24) is 9.88 Å². The molecule has 148 valence electrons. The van der Waals surface area contributed by atoms with Crippen LogP contribution >= 0.6 is 11.6 Å². The van der Waals surface area contributed by atoms with Crippen LogP contribution in [0, 0.1) is 18.3 Å². The molecule has 1 atom stereocenters. The van der Waals surface area contributed by atoms with Crippen LogP contribution in [0.1, 0.15) is 34.2 Å². The van der Waals surface area contributed by atoms with Crippen molar-refractivity contribution in [1.29, 1.82) is 5.26 Å². The number of hydrogen-bond donors (Lipinski definition) is 1. The Morgan fingerprint density at radius 3 is 2.62 bits per heavy atom. The highest BCUT2D eigenvalue weighted by molar-refractivity contribution is 6.31. The number of aryl methyl sites for hydroxylation is 1. The Labute approximate surface area is 172 Å². The lowest BCUT2D eigenvalue weighted by molar-refractivity contribution is -0.129. The first-order valence-corrected chi connectivity index (χ1v) is 9.19. The number of carbonyl (C=O) groups is 2. The van der Waals surface area contributed by atoms with Crippen molar-refractivity contribution >= 4 is 23.5 Å². The second-order valence-electron chi connectivity index (χ2n) is 6.27. The Morgan fingerprint density at radius 2 is 1.97 bits per heavy atom. The summed E-state index contributed by atoms with van der Waals surface area (Å²) in [6, 6.07) is 12.6. The lowest BCUT2D eigenvalue weighted by Crippen LogP contribution is -2.35. The number of nitrogens with one attached hydrogen (secondary N) is 1. The van der Waals surface area contributed by atoms with E-state index in [1.54, 1.807) is 54.2 Å². The molecule has 0 aliphatic rings. The van der Waals surface area contributed by atoms with Crippen LogP contribution in [-0.2, 0) is 16.1 Å². The fourth-order valence-corrected chi connectivity index (χ4v) is 2.97. The van der Waals surface area contributed by atoms with Crippen molar-refractivity contribution in [3.8, 4) is 12.0 Å². The maximum atomic E-state index is 12.6. The standard InChI is InChI=1S/C21H18ClN3O4/c1-13-18(16(11-23)20(28-13)25-9-5-6-10-25)21(27)29-14(2)19(26)24-12-15-7-3-4-8-17(15)22/h3-10,14H,12H2,1-2H3,(H,24,26)/t14-/m0/s1. The molecular weight excluding hydrogens is 394 g/mol. The molecule has 0 radical (unpaired) electrons. The number of benzene rings is 1. The van der Waals surface area contributed by atoms with Crippen LogP contribution in [0.3, 0.4) is 0 Å². The monoisotopic (exact) mass is 411 g/mol. The maximum absolute atomic E-state index is 12.6. The molecule has 1 N–H and O–H groups in total. The minimum absolute atomic E-state index is 0.00181. The average Bonchev–Trinajstić information content (AvgIpc) is 3.34. The van der Waals surface area contributed by atoms with Crippen LogP contribution in [0.15, 0.2) is 53.2 Å². The number of furan rings is 1. The number of amides is 1. The molecule has 1 amide bonds. The topological polar surface area (TPSA) is 97.3 Å². The summed E-state index contributed by atoms with van der Waals surface area (Å²) in [6.45, 7) is 3.22. The lowest BCUT2D eigenvalue weighted by atomic mass is 10.1. The number of halogens is 1. The molecule has 2 aromatic heterocycles. The van der Waals surface area contributed by atoms with E-state index in [1.165, 1.54) is 6.92 Å². The summed E-state index contributed by atoms with van der Waals surface area (Å²) in [5.74, 6) is -0.832. The molecule has 0 fully saturated rings. The maximum Gasteiger partial charge on any atom is 0.343 e. The van der Waals surface area contributed by atoms with Crippen molar-refractivity contribution < 1.29 is 18.7 Å². The minimum Gasteiger partial charge on any atom is -0.449 e. The van der Waals surface area contributed by atoms with Gasteiger partial charge in [-0.1, -0.05) is 29.8 Å². The molecular formula is C21H18ClN3O4. The van der Waals surface area contributed by atoms with Gasteiger partial charge in [0.05, 0.1) is 0 Å². The Hall–Kier alpha value is -3.50. The summed E-state index contributed by atoms with van der Waals surface area (Å²) >= 11 is 6.07. The fourth-order valence-electron chi connectivity index (χ4n) is 2.77. The third-order valence-electron chi connectivity index (χ3n) is 4.28. The first kappa shape index (κ1) is 20.2. The highest BCUT2D eigenvalue weighted by Crippen LogP contribution is 2.26. The van der Waals surface area contributed by atoms with E-state index in [0.717, 1.165) is 5.56 Å². The van der Waals surface area contributed by atoms with Gasteiger partial charge in [0.25, 0.3) is 5.91 Å². The zero-order valence-corrected chi connectivity index (χ0v) is 16.6. The van der Waals surface area contributed by atoms with Gasteiger partial charge in [0.15, 0.2) is 6.10 Å². The van der Waals surface area contributed by atoms with Crippen molar-refractivity contribution in [2.45, 2.75) is 26.5 Å². The first-order chi connectivity index (χ1) is 13.9. The molecule has 3 aromatic rings. The Kier molecular flexibility index (Phi) is 6.05. The molecule has 1 aromatic carbocycles. The molecule has 29 heavy (non-hydrogen) atoms. The molecule has 0 aliphatic heterocycles. The summed E-state index contributed by atoms with van der Waals surface area (Å²) in [4.78, 5) is 24.9. The number of nitrogens with zero attached hydrogens (tertiary/aromatic N) is 2. The van der Waals surface area contributed by atoms with Crippen molar-refractivity contribution in [2.24, 2.45) is 0 Å². The molecule has 0 saturated carbocycles. The molecule has 0 aliphatic carbocycles. The first-order valence-electron chi connectivity index (χ1n) is 8.81. The normalized spacial score (nSPS) is 11.5. The van der Waals surface area contributed by atoms with Gasteiger partial charge in [-0.2, -0.15) is 5.26 Å². The van der Waals surface area contributed by atoms with Gasteiger partial charge < -0.3 is 14.5 Å². The predicted octanol–water partition coefficient (Wildman–Crippen LogP) is 3.77. The quantitative estimate of drug-likeness (QED) is 0.623.